The highest BCUT2D eigenvalue weighted by molar-refractivity contribution is 7.95. The third-order valence-electron chi connectivity index (χ3n) is 2.24. The van der Waals surface area contributed by atoms with Crippen LogP contribution in [0.4, 0.5) is 5.69 Å². The summed E-state index contributed by atoms with van der Waals surface area (Å²) in [6.07, 6.45) is 3.03. The molecule has 0 radical (unpaired) electrons. The number of hydrogen-bond acceptors (Lipinski definition) is 4. The Morgan fingerprint density at radius 2 is 2.25 bits per heavy atom. The first-order chi connectivity index (χ1) is 7.37. The summed E-state index contributed by atoms with van der Waals surface area (Å²) in [5, 5.41) is -0.896. The molecule has 88 valence electrons. The smallest absolute Gasteiger partial charge is 0.244 e. The summed E-state index contributed by atoms with van der Waals surface area (Å²) in [4.78, 5) is 3.81. The van der Waals surface area contributed by atoms with Gasteiger partial charge in [0.25, 0.3) is 0 Å². The van der Waals surface area contributed by atoms with Gasteiger partial charge in [0.05, 0.1) is 16.9 Å². The monoisotopic (exact) mass is 259 g/mol. The van der Waals surface area contributed by atoms with Gasteiger partial charge < -0.3 is 5.73 Å². The first-order valence-corrected chi connectivity index (χ1v) is 6.45. The maximum atomic E-state index is 12.0. The maximum Gasteiger partial charge on any atom is 0.244 e. The zero-order valence-electron chi connectivity index (χ0n) is 8.99. The molecule has 0 saturated carbocycles. The van der Waals surface area contributed by atoms with E-state index in [1.807, 2.05) is 0 Å². The van der Waals surface area contributed by atoms with Crippen molar-refractivity contribution in [2.24, 2.45) is 5.73 Å². The molecule has 0 aliphatic carbocycles. The van der Waals surface area contributed by atoms with Gasteiger partial charge in [-0.2, -0.15) is 0 Å². The average molecular weight is 259 g/mol. The molecule has 0 amide bonds. The molecule has 1 unspecified atom stereocenters. The Kier molecular flexibility index (Phi) is 3.82. The lowest BCUT2D eigenvalue weighted by Crippen LogP contribution is -2.41. The number of hydrogen-bond donors (Lipinski definition) is 1. The van der Waals surface area contributed by atoms with Gasteiger partial charge in [-0.05, 0) is 19.1 Å². The number of aromatic nitrogens is 1. The quantitative estimate of drug-likeness (QED) is 0.798. The summed E-state index contributed by atoms with van der Waals surface area (Å²) in [5.74, 6) is 0. The van der Waals surface area contributed by atoms with Crippen molar-refractivity contribution in [3.63, 3.8) is 0 Å². The summed E-state index contributed by atoms with van der Waals surface area (Å²) in [6.45, 7) is 1.46. The Morgan fingerprint density at radius 1 is 1.62 bits per heavy atom. The highest BCUT2D eigenvalue weighted by Crippen LogP contribution is 2.17. The molecular formula is C9H13N3O2S2. The summed E-state index contributed by atoms with van der Waals surface area (Å²) < 4.78 is 25.1. The topological polar surface area (TPSA) is 76.3 Å². The van der Waals surface area contributed by atoms with Gasteiger partial charge in [0, 0.05) is 13.2 Å². The summed E-state index contributed by atoms with van der Waals surface area (Å²) in [6, 6.07) is 3.31. The molecule has 1 heterocycles. The Labute approximate surface area is 100 Å². The van der Waals surface area contributed by atoms with Crippen LogP contribution in [0.2, 0.25) is 0 Å². The van der Waals surface area contributed by atoms with Crippen LogP contribution in [0.15, 0.2) is 24.5 Å². The summed E-state index contributed by atoms with van der Waals surface area (Å²) >= 11 is 4.69. The van der Waals surface area contributed by atoms with Crippen LogP contribution in [0.25, 0.3) is 0 Å². The van der Waals surface area contributed by atoms with Gasteiger partial charge in [0.1, 0.15) is 5.25 Å². The lowest BCUT2D eigenvalue weighted by Gasteiger charge is -2.22. The molecule has 16 heavy (non-hydrogen) atoms. The summed E-state index contributed by atoms with van der Waals surface area (Å²) in [7, 11) is -2.12. The first-order valence-electron chi connectivity index (χ1n) is 4.54. The molecule has 1 aromatic heterocycles. The maximum absolute atomic E-state index is 12.0. The van der Waals surface area contributed by atoms with Crippen molar-refractivity contribution >= 4 is 32.9 Å². The second-order valence-corrected chi connectivity index (χ2v) is 6.02. The Balaban J connectivity index is 3.07. The number of rotatable bonds is 4. The third-order valence-corrected chi connectivity index (χ3v) is 4.86. The van der Waals surface area contributed by atoms with Crippen LogP contribution in [-0.4, -0.2) is 30.7 Å². The molecule has 0 aliphatic rings. The van der Waals surface area contributed by atoms with E-state index in [1.54, 1.807) is 18.3 Å². The van der Waals surface area contributed by atoms with E-state index < -0.39 is 15.3 Å². The van der Waals surface area contributed by atoms with Crippen molar-refractivity contribution in [3.8, 4) is 0 Å². The molecule has 1 atom stereocenters. The number of anilines is 1. The van der Waals surface area contributed by atoms with Crippen LogP contribution in [0.1, 0.15) is 6.92 Å². The fourth-order valence-corrected chi connectivity index (χ4v) is 2.61. The number of sulfonamides is 1. The summed E-state index contributed by atoms with van der Waals surface area (Å²) in [5.41, 5.74) is 5.83. The Bertz CT molecular complexity index is 473. The van der Waals surface area contributed by atoms with E-state index in [2.05, 4.69) is 4.98 Å². The molecule has 0 aromatic carbocycles. The van der Waals surface area contributed by atoms with Gasteiger partial charge in [-0.15, -0.1) is 0 Å². The number of nitrogens with two attached hydrogens (primary N) is 1. The Morgan fingerprint density at radius 3 is 2.69 bits per heavy atom. The first kappa shape index (κ1) is 12.9. The fraction of sp³-hybridized carbons (Fsp3) is 0.333. The minimum atomic E-state index is -3.56. The van der Waals surface area contributed by atoms with Crippen molar-refractivity contribution in [1.82, 2.24) is 4.98 Å². The van der Waals surface area contributed by atoms with E-state index in [0.717, 1.165) is 4.31 Å². The highest BCUT2D eigenvalue weighted by Gasteiger charge is 2.28. The molecular weight excluding hydrogens is 246 g/mol. The van der Waals surface area contributed by atoms with Gasteiger partial charge in [-0.25, -0.2) is 8.42 Å². The molecule has 1 rings (SSSR count). The van der Waals surface area contributed by atoms with Crippen LogP contribution in [0.5, 0.6) is 0 Å². The predicted octanol–water partition coefficient (Wildman–Crippen LogP) is 0.522. The van der Waals surface area contributed by atoms with Gasteiger partial charge in [0.15, 0.2) is 0 Å². The van der Waals surface area contributed by atoms with Crippen molar-refractivity contribution in [3.05, 3.63) is 24.5 Å². The minimum Gasteiger partial charge on any atom is -0.392 e. The standard InChI is InChI=1S/C9H13N3O2S2/c1-7(9(10)15)16(13,14)12(2)8-4-3-5-11-6-8/h3-7H,1-2H3,(H2,10,15). The molecule has 1 aromatic rings. The number of thiocarbonyl (C=S) groups is 1. The molecule has 0 bridgehead atoms. The minimum absolute atomic E-state index is 0.0456. The van der Waals surface area contributed by atoms with Crippen molar-refractivity contribution in [1.29, 1.82) is 0 Å². The largest absolute Gasteiger partial charge is 0.392 e. The number of pyridine rings is 1. The molecule has 0 saturated heterocycles. The van der Waals surface area contributed by atoms with E-state index in [-0.39, 0.29) is 4.99 Å². The lowest BCUT2D eigenvalue weighted by atomic mass is 10.4. The van der Waals surface area contributed by atoms with E-state index in [0.29, 0.717) is 5.69 Å². The zero-order chi connectivity index (χ0) is 12.3. The number of nitrogens with zero attached hydrogens (tertiary/aromatic N) is 2. The molecule has 0 aliphatic heterocycles. The molecule has 0 spiro atoms. The van der Waals surface area contributed by atoms with E-state index in [4.69, 9.17) is 18.0 Å². The van der Waals surface area contributed by atoms with Crippen molar-refractivity contribution in [2.75, 3.05) is 11.4 Å². The Hall–Kier alpha value is -1.21. The fourth-order valence-electron chi connectivity index (χ4n) is 1.07. The van der Waals surface area contributed by atoms with Crippen molar-refractivity contribution < 1.29 is 8.42 Å². The second-order valence-electron chi connectivity index (χ2n) is 3.27. The molecule has 2 N–H and O–H groups in total. The average Bonchev–Trinajstić information content (AvgIpc) is 2.28. The van der Waals surface area contributed by atoms with Gasteiger partial charge >= 0.3 is 0 Å². The van der Waals surface area contributed by atoms with Gasteiger partial charge in [0.2, 0.25) is 10.0 Å². The molecule has 7 heteroatoms. The molecule has 0 fully saturated rings. The van der Waals surface area contributed by atoms with Crippen LogP contribution in [0.3, 0.4) is 0 Å². The normalized spacial score (nSPS) is 13.1. The van der Waals surface area contributed by atoms with E-state index >= 15 is 0 Å². The highest BCUT2D eigenvalue weighted by atomic mass is 32.2. The van der Waals surface area contributed by atoms with Crippen molar-refractivity contribution in [2.45, 2.75) is 12.2 Å². The lowest BCUT2D eigenvalue weighted by molar-refractivity contribution is 0.591. The third kappa shape index (κ3) is 2.48. The van der Waals surface area contributed by atoms with E-state index in [1.165, 1.54) is 20.2 Å². The van der Waals surface area contributed by atoms with Gasteiger partial charge in [-0.3, -0.25) is 9.29 Å². The van der Waals surface area contributed by atoms with E-state index in [9.17, 15) is 8.42 Å². The predicted molar refractivity (Wildman–Crippen MR) is 67.8 cm³/mol. The van der Waals surface area contributed by atoms with Crippen LogP contribution < -0.4 is 10.0 Å². The SMILES string of the molecule is CC(C(N)=S)S(=O)(=O)N(C)c1cccnc1. The van der Waals surface area contributed by atoms with Crippen LogP contribution in [-0.2, 0) is 10.0 Å². The van der Waals surface area contributed by atoms with Crippen LogP contribution >= 0.6 is 12.2 Å². The van der Waals surface area contributed by atoms with Crippen LogP contribution in [0, 0.1) is 0 Å². The van der Waals surface area contributed by atoms with Gasteiger partial charge in [-0.1, -0.05) is 12.2 Å². The molecule has 5 nitrogen and oxygen atoms in total. The zero-order valence-corrected chi connectivity index (χ0v) is 10.6. The second kappa shape index (κ2) is 4.75.